The van der Waals surface area contributed by atoms with Crippen LogP contribution >= 0.6 is 0 Å². The van der Waals surface area contributed by atoms with Gasteiger partial charge in [0.25, 0.3) is 0 Å². The Labute approximate surface area is 156 Å². The lowest BCUT2D eigenvalue weighted by molar-refractivity contribution is -0.151. The summed E-state index contributed by atoms with van der Waals surface area (Å²) >= 11 is 0. The fraction of sp³-hybridized carbons (Fsp3) is 0.529. The van der Waals surface area contributed by atoms with Gasteiger partial charge >= 0.3 is 12.1 Å². The van der Waals surface area contributed by atoms with Crippen molar-refractivity contribution in [3.63, 3.8) is 0 Å². The fourth-order valence-electron chi connectivity index (χ4n) is 3.10. The summed E-state index contributed by atoms with van der Waals surface area (Å²) < 4.78 is 15.1. The topological polar surface area (TPSA) is 114 Å². The van der Waals surface area contributed by atoms with Crippen LogP contribution in [0.25, 0.3) is 0 Å². The molecule has 2 atom stereocenters. The molecule has 10 nitrogen and oxygen atoms in total. The van der Waals surface area contributed by atoms with Crippen LogP contribution in [0.2, 0.25) is 0 Å². The first-order valence-corrected chi connectivity index (χ1v) is 8.71. The largest absolute Gasteiger partial charge is 0.468 e. The molecule has 0 bridgehead atoms. The van der Waals surface area contributed by atoms with Crippen molar-refractivity contribution in [2.75, 3.05) is 39.9 Å². The number of piperazine rings is 1. The number of amides is 2. The number of nitrogens with zero attached hydrogens (tertiary/aromatic N) is 3. The standard InChI is InChI=1S/C17H22N4O6/c1-3-26-17(24)21-8-6-20(7-9-21)16-18-13(11-5-4-10-27-11)12(14(22)19-16)15(23)25-2/h4-5,10,12-13H,3,6-9H2,1-2H3,(H,18,19,22)/t12-,13+/m1/s1. The molecule has 2 amide bonds. The zero-order chi connectivity index (χ0) is 19.4. The van der Waals surface area contributed by atoms with Crippen molar-refractivity contribution < 1.29 is 28.3 Å². The highest BCUT2D eigenvalue weighted by atomic mass is 16.6. The molecule has 27 heavy (non-hydrogen) atoms. The molecule has 2 aliphatic heterocycles. The zero-order valence-electron chi connectivity index (χ0n) is 15.2. The van der Waals surface area contributed by atoms with E-state index in [1.54, 1.807) is 24.0 Å². The molecular formula is C17H22N4O6. The molecule has 0 saturated carbocycles. The number of furan rings is 1. The Morgan fingerprint density at radius 2 is 2.07 bits per heavy atom. The van der Waals surface area contributed by atoms with E-state index in [9.17, 15) is 14.4 Å². The van der Waals surface area contributed by atoms with Gasteiger partial charge < -0.3 is 23.7 Å². The number of rotatable bonds is 3. The van der Waals surface area contributed by atoms with E-state index < -0.39 is 23.8 Å². The van der Waals surface area contributed by atoms with Gasteiger partial charge in [-0.2, -0.15) is 0 Å². The minimum atomic E-state index is -1.12. The quantitative estimate of drug-likeness (QED) is 0.597. The average molecular weight is 378 g/mol. The molecule has 0 unspecified atom stereocenters. The van der Waals surface area contributed by atoms with Crippen LogP contribution in [0.3, 0.4) is 0 Å². The molecule has 1 saturated heterocycles. The zero-order valence-corrected chi connectivity index (χ0v) is 15.2. The number of esters is 1. The molecule has 0 aliphatic carbocycles. The maximum Gasteiger partial charge on any atom is 0.409 e. The number of hydrogen-bond donors (Lipinski definition) is 1. The van der Waals surface area contributed by atoms with E-state index in [-0.39, 0.29) is 6.09 Å². The van der Waals surface area contributed by atoms with Crippen molar-refractivity contribution in [3.8, 4) is 0 Å². The lowest BCUT2D eigenvalue weighted by Crippen LogP contribution is -2.58. The molecule has 10 heteroatoms. The summed E-state index contributed by atoms with van der Waals surface area (Å²) in [6.45, 7) is 3.92. The van der Waals surface area contributed by atoms with Crippen LogP contribution in [-0.2, 0) is 19.1 Å². The summed E-state index contributed by atoms with van der Waals surface area (Å²) in [6.07, 6.45) is 1.11. The molecule has 1 N–H and O–H groups in total. The van der Waals surface area contributed by atoms with Gasteiger partial charge in [0.15, 0.2) is 5.92 Å². The van der Waals surface area contributed by atoms with Gasteiger partial charge in [-0.05, 0) is 19.1 Å². The van der Waals surface area contributed by atoms with Crippen molar-refractivity contribution in [1.29, 1.82) is 0 Å². The van der Waals surface area contributed by atoms with Crippen molar-refractivity contribution in [3.05, 3.63) is 24.2 Å². The Kier molecular flexibility index (Phi) is 5.63. The van der Waals surface area contributed by atoms with Crippen molar-refractivity contribution >= 4 is 23.9 Å². The number of carbonyl (C=O) groups is 3. The normalized spacial score (nSPS) is 22.7. The molecule has 146 valence electrons. The number of aliphatic imine (C=N–C) groups is 1. The highest BCUT2D eigenvalue weighted by molar-refractivity contribution is 6.08. The van der Waals surface area contributed by atoms with Crippen LogP contribution in [-0.4, -0.2) is 73.6 Å². The predicted molar refractivity (Wildman–Crippen MR) is 92.7 cm³/mol. The van der Waals surface area contributed by atoms with Crippen LogP contribution in [0.1, 0.15) is 18.7 Å². The lowest BCUT2D eigenvalue weighted by atomic mass is 9.95. The number of guanidine groups is 1. The maximum absolute atomic E-state index is 12.6. The second-order valence-electron chi connectivity index (χ2n) is 6.08. The number of methoxy groups -OCH3 is 1. The maximum atomic E-state index is 12.6. The van der Waals surface area contributed by atoms with Gasteiger partial charge in [0.05, 0.1) is 20.0 Å². The lowest BCUT2D eigenvalue weighted by Gasteiger charge is -2.38. The highest BCUT2D eigenvalue weighted by Crippen LogP contribution is 2.31. The van der Waals surface area contributed by atoms with Crippen molar-refractivity contribution in [2.45, 2.75) is 13.0 Å². The monoisotopic (exact) mass is 378 g/mol. The summed E-state index contributed by atoms with van der Waals surface area (Å²) in [6, 6.07) is 2.53. The molecule has 0 spiro atoms. The molecule has 3 heterocycles. The van der Waals surface area contributed by atoms with Gasteiger partial charge in [0.1, 0.15) is 11.8 Å². The van der Waals surface area contributed by atoms with Crippen LogP contribution < -0.4 is 5.32 Å². The Balaban J connectivity index is 1.77. The van der Waals surface area contributed by atoms with Gasteiger partial charge in [0.2, 0.25) is 11.9 Å². The van der Waals surface area contributed by atoms with Gasteiger partial charge in [-0.15, -0.1) is 0 Å². The molecular weight excluding hydrogens is 356 g/mol. The molecule has 1 aromatic rings. The first kappa shape index (κ1) is 18.7. The second-order valence-corrected chi connectivity index (χ2v) is 6.08. The predicted octanol–water partition coefficient (Wildman–Crippen LogP) is 0.370. The second kappa shape index (κ2) is 8.11. The Hall–Kier alpha value is -3.04. The third-order valence-electron chi connectivity index (χ3n) is 4.49. The van der Waals surface area contributed by atoms with E-state index in [4.69, 9.17) is 13.9 Å². The summed E-state index contributed by atoms with van der Waals surface area (Å²) in [4.78, 5) is 44.5. The fourth-order valence-corrected chi connectivity index (χ4v) is 3.10. The number of carbonyl (C=O) groups excluding carboxylic acids is 3. The summed E-state index contributed by atoms with van der Waals surface area (Å²) in [5.41, 5.74) is 0. The molecule has 0 aromatic carbocycles. The molecule has 1 fully saturated rings. The van der Waals surface area contributed by atoms with Crippen LogP contribution in [0.15, 0.2) is 27.8 Å². The Morgan fingerprint density at radius 3 is 2.67 bits per heavy atom. The number of nitrogens with one attached hydrogen (secondary N) is 1. The minimum Gasteiger partial charge on any atom is -0.468 e. The van der Waals surface area contributed by atoms with Crippen LogP contribution in [0.5, 0.6) is 0 Å². The molecule has 3 rings (SSSR count). The molecule has 2 aliphatic rings. The third-order valence-corrected chi connectivity index (χ3v) is 4.49. The summed E-state index contributed by atoms with van der Waals surface area (Å²) in [7, 11) is 1.22. The van der Waals surface area contributed by atoms with Gasteiger partial charge in [-0.1, -0.05) is 0 Å². The SMILES string of the molecule is CCOC(=O)N1CCN(C2=N[C@@H](c3ccco3)[C@@H](C(=O)OC)C(=O)N2)CC1. The average Bonchev–Trinajstić information content (AvgIpc) is 3.22. The molecule has 1 aromatic heterocycles. The van der Waals surface area contributed by atoms with Gasteiger partial charge in [-0.25, -0.2) is 9.79 Å². The number of hydrogen-bond acceptors (Lipinski definition) is 8. The highest BCUT2D eigenvalue weighted by Gasteiger charge is 2.43. The third kappa shape index (κ3) is 3.88. The first-order valence-electron chi connectivity index (χ1n) is 8.71. The van der Waals surface area contributed by atoms with E-state index in [2.05, 4.69) is 10.3 Å². The summed E-state index contributed by atoms with van der Waals surface area (Å²) in [5.74, 6) is -1.54. The van der Waals surface area contributed by atoms with Crippen molar-refractivity contribution in [2.24, 2.45) is 10.9 Å². The minimum absolute atomic E-state index is 0.321. The Bertz CT molecular complexity index is 724. The van der Waals surface area contributed by atoms with Gasteiger partial charge in [-0.3, -0.25) is 14.9 Å². The van der Waals surface area contributed by atoms with Gasteiger partial charge in [0, 0.05) is 26.2 Å². The summed E-state index contributed by atoms with van der Waals surface area (Å²) in [5, 5.41) is 2.67. The van der Waals surface area contributed by atoms with E-state index in [0.29, 0.717) is 44.5 Å². The smallest absolute Gasteiger partial charge is 0.409 e. The van der Waals surface area contributed by atoms with E-state index in [1.807, 2.05) is 4.90 Å². The first-order chi connectivity index (χ1) is 13.0. The van der Waals surface area contributed by atoms with Crippen LogP contribution in [0.4, 0.5) is 4.79 Å². The van der Waals surface area contributed by atoms with Crippen LogP contribution in [0, 0.1) is 5.92 Å². The van der Waals surface area contributed by atoms with E-state index in [1.165, 1.54) is 13.4 Å². The molecule has 0 radical (unpaired) electrons. The van der Waals surface area contributed by atoms with E-state index in [0.717, 1.165) is 0 Å². The Morgan fingerprint density at radius 1 is 1.33 bits per heavy atom. The number of ether oxygens (including phenoxy) is 2. The van der Waals surface area contributed by atoms with Crippen molar-refractivity contribution in [1.82, 2.24) is 15.1 Å². The van der Waals surface area contributed by atoms with E-state index >= 15 is 0 Å².